The molecule has 18 heavy (non-hydrogen) atoms. The minimum atomic E-state index is -1.08. The van der Waals surface area contributed by atoms with Crippen LogP contribution < -0.4 is 9.47 Å². The zero-order chi connectivity index (χ0) is 13.0. The van der Waals surface area contributed by atoms with Crippen molar-refractivity contribution in [1.29, 1.82) is 0 Å². The Morgan fingerprint density at radius 1 is 1.50 bits per heavy atom. The number of methoxy groups -OCH3 is 1. The second-order valence-corrected chi connectivity index (χ2v) is 3.28. The zero-order valence-corrected chi connectivity index (χ0v) is 9.45. The summed E-state index contributed by atoms with van der Waals surface area (Å²) >= 11 is 0. The van der Waals surface area contributed by atoms with Crippen molar-refractivity contribution in [2.24, 2.45) is 0 Å². The molecule has 0 atom stereocenters. The van der Waals surface area contributed by atoms with Gasteiger partial charge in [-0.1, -0.05) is 5.21 Å². The number of hydrogen-bond acceptors (Lipinski definition) is 6. The standard InChI is InChI=1S/C10H10N4O4/c1-17-6-2-3-7(10(15)16)8(4-6)18-5-9-11-13-14-12-9/h2-4H,5H2,1H3,(H,15,16)(H,11,12,13,14). The van der Waals surface area contributed by atoms with Crippen molar-refractivity contribution in [2.75, 3.05) is 7.11 Å². The van der Waals surface area contributed by atoms with Crippen molar-refractivity contribution in [1.82, 2.24) is 20.6 Å². The molecule has 0 radical (unpaired) electrons. The van der Waals surface area contributed by atoms with Crippen molar-refractivity contribution >= 4 is 5.97 Å². The first-order valence-electron chi connectivity index (χ1n) is 4.97. The van der Waals surface area contributed by atoms with Gasteiger partial charge in [-0.2, -0.15) is 5.21 Å². The normalized spacial score (nSPS) is 10.1. The van der Waals surface area contributed by atoms with E-state index < -0.39 is 5.97 Å². The van der Waals surface area contributed by atoms with E-state index in [1.165, 1.54) is 19.2 Å². The molecule has 2 aromatic rings. The Labute approximate surface area is 102 Å². The molecule has 0 spiro atoms. The lowest BCUT2D eigenvalue weighted by molar-refractivity contribution is 0.0691. The number of rotatable bonds is 5. The summed E-state index contributed by atoms with van der Waals surface area (Å²) < 4.78 is 10.3. The summed E-state index contributed by atoms with van der Waals surface area (Å²) in [7, 11) is 1.48. The number of hydrogen-bond donors (Lipinski definition) is 2. The van der Waals surface area contributed by atoms with E-state index in [4.69, 9.17) is 14.6 Å². The SMILES string of the molecule is COc1ccc(C(=O)O)c(OCc2nn[nH]n2)c1. The Kier molecular flexibility index (Phi) is 3.37. The summed E-state index contributed by atoms with van der Waals surface area (Å²) in [6.45, 7) is 0.0178. The van der Waals surface area contributed by atoms with E-state index >= 15 is 0 Å². The molecule has 0 aliphatic rings. The van der Waals surface area contributed by atoms with E-state index in [-0.39, 0.29) is 17.9 Å². The number of ether oxygens (including phenoxy) is 2. The van der Waals surface area contributed by atoms with Crippen LogP contribution in [-0.4, -0.2) is 38.8 Å². The first kappa shape index (κ1) is 11.8. The maximum absolute atomic E-state index is 11.0. The lowest BCUT2D eigenvalue weighted by Crippen LogP contribution is -2.04. The van der Waals surface area contributed by atoms with Crippen LogP contribution in [0.1, 0.15) is 16.2 Å². The van der Waals surface area contributed by atoms with Crippen molar-refractivity contribution in [3.05, 3.63) is 29.6 Å². The van der Waals surface area contributed by atoms with Gasteiger partial charge in [-0.25, -0.2) is 4.79 Å². The van der Waals surface area contributed by atoms with Crippen molar-refractivity contribution < 1.29 is 19.4 Å². The quantitative estimate of drug-likeness (QED) is 0.794. The summed E-state index contributed by atoms with van der Waals surface area (Å²) in [5, 5.41) is 22.1. The van der Waals surface area contributed by atoms with Gasteiger partial charge in [0.05, 0.1) is 7.11 Å². The van der Waals surface area contributed by atoms with Gasteiger partial charge in [0.1, 0.15) is 17.1 Å². The van der Waals surface area contributed by atoms with Crippen LogP contribution in [0.5, 0.6) is 11.5 Å². The highest BCUT2D eigenvalue weighted by Gasteiger charge is 2.13. The zero-order valence-electron chi connectivity index (χ0n) is 9.45. The molecule has 0 bridgehead atoms. The van der Waals surface area contributed by atoms with Crippen LogP contribution in [0.2, 0.25) is 0 Å². The van der Waals surface area contributed by atoms with Gasteiger partial charge in [0.15, 0.2) is 6.61 Å². The molecule has 1 aromatic carbocycles. The minimum Gasteiger partial charge on any atom is -0.497 e. The molecule has 0 fully saturated rings. The average molecular weight is 250 g/mol. The van der Waals surface area contributed by atoms with Crippen molar-refractivity contribution in [2.45, 2.75) is 6.61 Å². The molecular weight excluding hydrogens is 240 g/mol. The molecule has 0 aliphatic heterocycles. The number of carboxylic acids is 1. The molecule has 1 aromatic heterocycles. The largest absolute Gasteiger partial charge is 0.497 e. The van der Waals surface area contributed by atoms with Gasteiger partial charge in [-0.15, -0.1) is 10.2 Å². The number of nitrogens with zero attached hydrogens (tertiary/aromatic N) is 3. The van der Waals surface area contributed by atoms with Crippen molar-refractivity contribution in [3.8, 4) is 11.5 Å². The third-order valence-corrected chi connectivity index (χ3v) is 2.17. The summed E-state index contributed by atoms with van der Waals surface area (Å²) in [4.78, 5) is 11.0. The van der Waals surface area contributed by atoms with Crippen LogP contribution >= 0.6 is 0 Å². The lowest BCUT2D eigenvalue weighted by Gasteiger charge is -2.09. The summed E-state index contributed by atoms with van der Waals surface area (Å²) in [5.41, 5.74) is 0.0410. The van der Waals surface area contributed by atoms with Gasteiger partial charge in [-0.05, 0) is 12.1 Å². The second kappa shape index (κ2) is 5.13. The van der Waals surface area contributed by atoms with E-state index in [9.17, 15) is 4.79 Å². The molecule has 1 heterocycles. The third-order valence-electron chi connectivity index (χ3n) is 2.17. The highest BCUT2D eigenvalue weighted by atomic mass is 16.5. The monoisotopic (exact) mass is 250 g/mol. The first-order chi connectivity index (χ1) is 8.70. The highest BCUT2D eigenvalue weighted by molar-refractivity contribution is 5.91. The molecule has 0 amide bonds. The predicted molar refractivity (Wildman–Crippen MR) is 58.5 cm³/mol. The van der Waals surface area contributed by atoms with Gasteiger partial charge in [0, 0.05) is 6.07 Å². The fourth-order valence-corrected chi connectivity index (χ4v) is 1.31. The molecule has 2 rings (SSSR count). The number of aromatic carboxylic acids is 1. The van der Waals surface area contributed by atoms with Crippen LogP contribution in [0, 0.1) is 0 Å². The molecule has 94 valence electrons. The maximum Gasteiger partial charge on any atom is 0.339 e. The number of carbonyl (C=O) groups is 1. The Balaban J connectivity index is 2.20. The Bertz CT molecular complexity index is 541. The molecule has 0 unspecified atom stereocenters. The first-order valence-corrected chi connectivity index (χ1v) is 4.97. The topological polar surface area (TPSA) is 110 Å². The van der Waals surface area contributed by atoms with Crippen LogP contribution in [-0.2, 0) is 6.61 Å². The molecule has 0 saturated heterocycles. The van der Waals surface area contributed by atoms with E-state index in [2.05, 4.69) is 20.6 Å². The molecular formula is C10H10N4O4. The smallest absolute Gasteiger partial charge is 0.339 e. The van der Waals surface area contributed by atoms with Crippen LogP contribution in [0.25, 0.3) is 0 Å². The van der Waals surface area contributed by atoms with Gasteiger partial charge >= 0.3 is 5.97 Å². The fourth-order valence-electron chi connectivity index (χ4n) is 1.31. The Morgan fingerprint density at radius 2 is 2.33 bits per heavy atom. The van der Waals surface area contributed by atoms with Gasteiger partial charge < -0.3 is 14.6 Å². The molecule has 8 heteroatoms. The number of carboxylic acid groups (broad SMARTS) is 1. The summed E-state index contributed by atoms with van der Waals surface area (Å²) in [5.74, 6) is -0.0651. The Morgan fingerprint density at radius 3 is 2.94 bits per heavy atom. The van der Waals surface area contributed by atoms with E-state index in [1.54, 1.807) is 6.07 Å². The summed E-state index contributed by atoms with van der Waals surface area (Å²) in [6.07, 6.45) is 0. The molecule has 0 saturated carbocycles. The van der Waals surface area contributed by atoms with E-state index in [0.29, 0.717) is 11.6 Å². The number of aromatic amines is 1. The number of aromatic nitrogens is 4. The second-order valence-electron chi connectivity index (χ2n) is 3.28. The predicted octanol–water partition coefficient (Wildman–Crippen LogP) is 0.485. The average Bonchev–Trinajstić information content (AvgIpc) is 2.88. The number of nitrogens with one attached hydrogen (secondary N) is 1. The van der Waals surface area contributed by atoms with E-state index in [1.807, 2.05) is 0 Å². The van der Waals surface area contributed by atoms with Gasteiger partial charge in [0.2, 0.25) is 5.82 Å². The highest BCUT2D eigenvalue weighted by Crippen LogP contribution is 2.25. The van der Waals surface area contributed by atoms with Crippen molar-refractivity contribution in [3.63, 3.8) is 0 Å². The molecule has 0 aliphatic carbocycles. The third kappa shape index (κ3) is 2.54. The number of tetrazole rings is 1. The number of benzene rings is 1. The lowest BCUT2D eigenvalue weighted by atomic mass is 10.2. The Hall–Kier alpha value is -2.64. The van der Waals surface area contributed by atoms with Crippen LogP contribution in [0.4, 0.5) is 0 Å². The maximum atomic E-state index is 11.0. The van der Waals surface area contributed by atoms with Gasteiger partial charge in [0.25, 0.3) is 0 Å². The fraction of sp³-hybridized carbons (Fsp3) is 0.200. The molecule has 2 N–H and O–H groups in total. The molecule has 8 nitrogen and oxygen atoms in total. The van der Waals surface area contributed by atoms with Crippen LogP contribution in [0.15, 0.2) is 18.2 Å². The summed E-state index contributed by atoms with van der Waals surface area (Å²) in [6, 6.07) is 4.45. The van der Waals surface area contributed by atoms with E-state index in [0.717, 1.165) is 0 Å². The minimum absolute atomic E-state index is 0.0178. The van der Waals surface area contributed by atoms with Gasteiger partial charge in [-0.3, -0.25) is 0 Å². The van der Waals surface area contributed by atoms with Crippen LogP contribution in [0.3, 0.4) is 0 Å². The number of H-pyrrole nitrogens is 1.